The fourth-order valence-corrected chi connectivity index (χ4v) is 2.69. The predicted octanol–water partition coefficient (Wildman–Crippen LogP) is 4.22. The van der Waals surface area contributed by atoms with Gasteiger partial charge in [-0.2, -0.15) is 0 Å². The second-order valence-corrected chi connectivity index (χ2v) is 5.40. The number of hydrogen-bond acceptors (Lipinski definition) is 1. The lowest BCUT2D eigenvalue weighted by molar-refractivity contribution is 0.177. The van der Waals surface area contributed by atoms with E-state index >= 15 is 0 Å². The van der Waals surface area contributed by atoms with Crippen LogP contribution in [0.5, 0.6) is 0 Å². The molecule has 1 N–H and O–H groups in total. The van der Waals surface area contributed by atoms with E-state index in [9.17, 15) is 5.11 Å². The molecule has 0 spiro atoms. The Hall–Kier alpha value is -0.580. The maximum Gasteiger partial charge on any atom is 0.0841 e. The van der Waals surface area contributed by atoms with Crippen LogP contribution >= 0.6 is 34.2 Å². The lowest BCUT2D eigenvalue weighted by Crippen LogP contribution is -2.04. The minimum absolute atomic E-state index is 0.511. The molecule has 0 amide bonds. The fourth-order valence-electron chi connectivity index (χ4n) is 1.73. The molecule has 0 aromatic heterocycles. The van der Waals surface area contributed by atoms with Gasteiger partial charge in [-0.05, 0) is 45.9 Å². The van der Waals surface area contributed by atoms with Crippen molar-refractivity contribution in [2.45, 2.75) is 12.5 Å². The van der Waals surface area contributed by atoms with Crippen LogP contribution in [0.4, 0.5) is 0 Å². The SMILES string of the molecule is OC(Cc1ccccc1Cl)c1ccccc1I. The van der Waals surface area contributed by atoms with E-state index < -0.39 is 6.10 Å². The van der Waals surface area contributed by atoms with E-state index in [-0.39, 0.29) is 0 Å². The van der Waals surface area contributed by atoms with Gasteiger partial charge in [0, 0.05) is 15.0 Å². The van der Waals surface area contributed by atoms with Crippen LogP contribution in [-0.4, -0.2) is 5.11 Å². The summed E-state index contributed by atoms with van der Waals surface area (Å²) in [6, 6.07) is 15.5. The van der Waals surface area contributed by atoms with Gasteiger partial charge in [0.2, 0.25) is 0 Å². The molecule has 0 radical (unpaired) electrons. The molecular formula is C14H12ClIO. The number of rotatable bonds is 3. The Kier molecular flexibility index (Phi) is 4.42. The summed E-state index contributed by atoms with van der Waals surface area (Å²) in [6.07, 6.45) is 0.0302. The minimum atomic E-state index is -0.511. The van der Waals surface area contributed by atoms with Gasteiger partial charge in [0.25, 0.3) is 0 Å². The fraction of sp³-hybridized carbons (Fsp3) is 0.143. The molecular weight excluding hydrogens is 347 g/mol. The Balaban J connectivity index is 2.20. The standard InChI is InChI=1S/C14H12ClIO/c15-12-7-3-1-5-10(12)9-14(17)11-6-2-4-8-13(11)16/h1-8,14,17H,9H2. The maximum absolute atomic E-state index is 10.2. The number of aliphatic hydroxyl groups is 1. The smallest absolute Gasteiger partial charge is 0.0841 e. The Bertz CT molecular complexity index is 513. The van der Waals surface area contributed by atoms with Crippen LogP contribution in [0.3, 0.4) is 0 Å². The zero-order valence-electron chi connectivity index (χ0n) is 9.11. The molecule has 3 heteroatoms. The van der Waals surface area contributed by atoms with Crippen molar-refractivity contribution in [3.63, 3.8) is 0 Å². The molecule has 88 valence electrons. The number of aliphatic hydroxyl groups excluding tert-OH is 1. The lowest BCUT2D eigenvalue weighted by atomic mass is 10.0. The summed E-state index contributed by atoms with van der Waals surface area (Å²) in [6.45, 7) is 0. The molecule has 2 aromatic carbocycles. The molecule has 0 aliphatic carbocycles. The van der Waals surface area contributed by atoms with Crippen molar-refractivity contribution in [2.75, 3.05) is 0 Å². The first kappa shape index (κ1) is 12.9. The van der Waals surface area contributed by atoms with Crippen LogP contribution in [0.25, 0.3) is 0 Å². The molecule has 0 saturated carbocycles. The molecule has 0 aliphatic heterocycles. The normalized spacial score (nSPS) is 12.4. The van der Waals surface area contributed by atoms with E-state index in [1.165, 1.54) is 0 Å². The van der Waals surface area contributed by atoms with Crippen molar-refractivity contribution in [1.82, 2.24) is 0 Å². The predicted molar refractivity (Wildman–Crippen MR) is 79.3 cm³/mol. The van der Waals surface area contributed by atoms with Crippen LogP contribution in [0.2, 0.25) is 5.02 Å². The monoisotopic (exact) mass is 358 g/mol. The van der Waals surface area contributed by atoms with Gasteiger partial charge in [0.1, 0.15) is 0 Å². The molecule has 0 bridgehead atoms. The van der Waals surface area contributed by atoms with Crippen molar-refractivity contribution >= 4 is 34.2 Å². The molecule has 17 heavy (non-hydrogen) atoms. The molecule has 0 heterocycles. The van der Waals surface area contributed by atoms with Crippen LogP contribution in [0, 0.1) is 3.57 Å². The molecule has 2 rings (SSSR count). The molecule has 2 aromatic rings. The summed E-state index contributed by atoms with van der Waals surface area (Å²) >= 11 is 8.32. The van der Waals surface area contributed by atoms with E-state index in [1.807, 2.05) is 48.5 Å². The highest BCUT2D eigenvalue weighted by molar-refractivity contribution is 14.1. The molecule has 0 aliphatic rings. The van der Waals surface area contributed by atoms with Crippen molar-refractivity contribution in [3.05, 3.63) is 68.3 Å². The van der Waals surface area contributed by atoms with Gasteiger partial charge in [0.05, 0.1) is 6.10 Å². The van der Waals surface area contributed by atoms with Crippen molar-refractivity contribution in [3.8, 4) is 0 Å². The van der Waals surface area contributed by atoms with Gasteiger partial charge in [-0.3, -0.25) is 0 Å². The largest absolute Gasteiger partial charge is 0.388 e. The highest BCUT2D eigenvalue weighted by Gasteiger charge is 2.12. The van der Waals surface area contributed by atoms with Crippen molar-refractivity contribution < 1.29 is 5.11 Å². The third-order valence-electron chi connectivity index (χ3n) is 2.64. The van der Waals surface area contributed by atoms with E-state index in [1.54, 1.807) is 0 Å². The third-order valence-corrected chi connectivity index (χ3v) is 3.99. The summed E-state index contributed by atoms with van der Waals surface area (Å²) in [5, 5.41) is 10.9. The summed E-state index contributed by atoms with van der Waals surface area (Å²) in [4.78, 5) is 0. The highest BCUT2D eigenvalue weighted by atomic mass is 127. The number of benzene rings is 2. The molecule has 1 nitrogen and oxygen atoms in total. The highest BCUT2D eigenvalue weighted by Crippen LogP contribution is 2.26. The van der Waals surface area contributed by atoms with Gasteiger partial charge < -0.3 is 5.11 Å². The molecule has 1 atom stereocenters. The van der Waals surface area contributed by atoms with E-state index in [4.69, 9.17) is 11.6 Å². The number of halogens is 2. The maximum atomic E-state index is 10.2. The molecule has 0 fully saturated rings. The zero-order valence-corrected chi connectivity index (χ0v) is 12.0. The first-order valence-corrected chi connectivity index (χ1v) is 6.80. The Morgan fingerprint density at radius 2 is 1.71 bits per heavy atom. The van der Waals surface area contributed by atoms with Crippen LogP contribution < -0.4 is 0 Å². The minimum Gasteiger partial charge on any atom is -0.388 e. The molecule has 1 unspecified atom stereocenters. The average molecular weight is 359 g/mol. The van der Waals surface area contributed by atoms with Crippen molar-refractivity contribution in [2.24, 2.45) is 0 Å². The lowest BCUT2D eigenvalue weighted by Gasteiger charge is -2.13. The Labute approximate surface area is 120 Å². The average Bonchev–Trinajstić information content (AvgIpc) is 2.32. The van der Waals surface area contributed by atoms with E-state index in [2.05, 4.69) is 22.6 Å². The third kappa shape index (κ3) is 3.21. The second-order valence-electron chi connectivity index (χ2n) is 3.83. The Morgan fingerprint density at radius 1 is 1.06 bits per heavy atom. The summed E-state index contributed by atoms with van der Waals surface area (Å²) < 4.78 is 1.07. The van der Waals surface area contributed by atoms with Crippen molar-refractivity contribution in [1.29, 1.82) is 0 Å². The topological polar surface area (TPSA) is 20.2 Å². The first-order chi connectivity index (χ1) is 8.18. The quantitative estimate of drug-likeness (QED) is 0.815. The number of hydrogen-bond donors (Lipinski definition) is 1. The summed E-state index contributed by atoms with van der Waals surface area (Å²) in [5.41, 5.74) is 1.93. The van der Waals surface area contributed by atoms with Crippen LogP contribution in [0.15, 0.2) is 48.5 Å². The zero-order chi connectivity index (χ0) is 12.3. The molecule has 0 saturated heterocycles. The summed E-state index contributed by atoms with van der Waals surface area (Å²) in [5.74, 6) is 0. The first-order valence-electron chi connectivity index (χ1n) is 5.34. The van der Waals surface area contributed by atoms with Gasteiger partial charge in [0.15, 0.2) is 0 Å². The van der Waals surface area contributed by atoms with E-state index in [0.29, 0.717) is 11.4 Å². The summed E-state index contributed by atoms with van der Waals surface area (Å²) in [7, 11) is 0. The van der Waals surface area contributed by atoms with Gasteiger partial charge in [-0.25, -0.2) is 0 Å². The van der Waals surface area contributed by atoms with Crippen LogP contribution in [-0.2, 0) is 6.42 Å². The van der Waals surface area contributed by atoms with Gasteiger partial charge in [-0.15, -0.1) is 0 Å². The Morgan fingerprint density at radius 3 is 2.41 bits per heavy atom. The van der Waals surface area contributed by atoms with Crippen LogP contribution in [0.1, 0.15) is 17.2 Å². The van der Waals surface area contributed by atoms with Gasteiger partial charge >= 0.3 is 0 Å². The van der Waals surface area contributed by atoms with Gasteiger partial charge in [-0.1, -0.05) is 48.0 Å². The van der Waals surface area contributed by atoms with E-state index in [0.717, 1.165) is 14.7 Å². The second kappa shape index (κ2) is 5.85.